The van der Waals surface area contributed by atoms with Crippen LogP contribution >= 0.6 is 24.0 Å². The van der Waals surface area contributed by atoms with Crippen LogP contribution in [-0.2, 0) is 29.5 Å². The number of nitrogens with one attached hydrogen (secondary N) is 2. The summed E-state index contributed by atoms with van der Waals surface area (Å²) >= 11 is 0. The molecule has 6 nitrogen and oxygen atoms in total. The summed E-state index contributed by atoms with van der Waals surface area (Å²) in [5.41, 5.74) is 4.24. The molecule has 0 spiro atoms. The van der Waals surface area contributed by atoms with Gasteiger partial charge in [-0.2, -0.15) is 0 Å². The lowest BCUT2D eigenvalue weighted by Gasteiger charge is -2.16. The van der Waals surface area contributed by atoms with E-state index in [4.69, 9.17) is 0 Å². The Morgan fingerprint density at radius 1 is 1.07 bits per heavy atom. The number of benzene rings is 2. The van der Waals surface area contributed by atoms with Gasteiger partial charge in [-0.15, -0.1) is 24.0 Å². The molecular formula is C22H33IN4O2S. The minimum atomic E-state index is -3.21. The molecule has 0 aromatic heterocycles. The van der Waals surface area contributed by atoms with Crippen molar-refractivity contribution >= 4 is 39.8 Å². The molecule has 0 unspecified atom stereocenters. The van der Waals surface area contributed by atoms with Crippen molar-refractivity contribution in [3.05, 3.63) is 64.7 Å². The Kier molecular flexibility index (Phi) is 10.8. The number of aryl methyl sites for hydroxylation is 1. The van der Waals surface area contributed by atoms with E-state index in [1.54, 1.807) is 6.07 Å². The van der Waals surface area contributed by atoms with E-state index in [0.29, 0.717) is 18.0 Å². The van der Waals surface area contributed by atoms with Gasteiger partial charge >= 0.3 is 0 Å². The molecular weight excluding hydrogens is 511 g/mol. The molecule has 0 saturated carbocycles. The molecule has 2 rings (SSSR count). The molecule has 0 aliphatic carbocycles. The number of nitrogens with zero attached hydrogens (tertiary/aromatic N) is 2. The SMILES string of the molecule is CCNC(=NCc1ccc(S(C)(=O)=O)c(C)c1)NCc1ccccc1CN(C)C.I. The van der Waals surface area contributed by atoms with Crippen molar-refractivity contribution in [1.29, 1.82) is 0 Å². The summed E-state index contributed by atoms with van der Waals surface area (Å²) in [4.78, 5) is 7.18. The molecule has 0 fully saturated rings. The van der Waals surface area contributed by atoms with E-state index in [9.17, 15) is 8.42 Å². The number of rotatable bonds is 8. The number of hydrogen-bond acceptors (Lipinski definition) is 4. The van der Waals surface area contributed by atoms with Crippen LogP contribution in [0.5, 0.6) is 0 Å². The molecule has 2 aromatic rings. The van der Waals surface area contributed by atoms with Crippen molar-refractivity contribution in [3.63, 3.8) is 0 Å². The molecule has 0 aliphatic rings. The molecule has 0 heterocycles. The van der Waals surface area contributed by atoms with Gasteiger partial charge in [-0.25, -0.2) is 13.4 Å². The first-order chi connectivity index (χ1) is 13.7. The Morgan fingerprint density at radius 3 is 2.30 bits per heavy atom. The van der Waals surface area contributed by atoms with Crippen LogP contribution in [0.4, 0.5) is 0 Å². The molecule has 30 heavy (non-hydrogen) atoms. The fraction of sp³-hybridized carbons (Fsp3) is 0.409. The van der Waals surface area contributed by atoms with Gasteiger partial charge in [-0.3, -0.25) is 0 Å². The zero-order valence-corrected chi connectivity index (χ0v) is 21.5. The van der Waals surface area contributed by atoms with Gasteiger partial charge in [0.2, 0.25) is 0 Å². The minimum Gasteiger partial charge on any atom is -0.357 e. The number of halogens is 1. The van der Waals surface area contributed by atoms with Crippen molar-refractivity contribution in [2.24, 2.45) is 4.99 Å². The standard InChI is InChI=1S/C22H32N4O2S.HI/c1-6-23-22(25-15-19-9-7-8-10-20(19)16-26(3)4)24-14-18-11-12-21(17(2)13-18)29(5,27)28;/h7-13H,6,14-16H2,1-5H3,(H2,23,24,25);1H. The summed E-state index contributed by atoms with van der Waals surface area (Å²) in [7, 11) is 0.918. The van der Waals surface area contributed by atoms with E-state index in [1.807, 2.05) is 32.0 Å². The van der Waals surface area contributed by atoms with Crippen LogP contribution in [-0.4, -0.2) is 46.2 Å². The third-order valence-electron chi connectivity index (χ3n) is 4.45. The van der Waals surface area contributed by atoms with Gasteiger partial charge in [-0.05, 0) is 56.3 Å². The number of hydrogen-bond donors (Lipinski definition) is 2. The maximum atomic E-state index is 11.8. The van der Waals surface area contributed by atoms with Crippen LogP contribution in [0.1, 0.15) is 29.2 Å². The van der Waals surface area contributed by atoms with Gasteiger partial charge in [-0.1, -0.05) is 36.4 Å². The highest BCUT2D eigenvalue weighted by atomic mass is 127. The second kappa shape index (κ2) is 12.3. The fourth-order valence-corrected chi connectivity index (χ4v) is 4.10. The van der Waals surface area contributed by atoms with Crippen LogP contribution in [0.2, 0.25) is 0 Å². The Bertz CT molecular complexity index is 959. The summed E-state index contributed by atoms with van der Waals surface area (Å²) in [5, 5.41) is 6.66. The van der Waals surface area contributed by atoms with Crippen molar-refractivity contribution in [2.45, 2.75) is 38.4 Å². The Balaban J connectivity index is 0.00000450. The van der Waals surface area contributed by atoms with Gasteiger partial charge in [0.15, 0.2) is 15.8 Å². The summed E-state index contributed by atoms with van der Waals surface area (Å²) in [6, 6.07) is 13.7. The Hall–Kier alpha value is -1.65. The normalized spacial score (nSPS) is 11.9. The summed E-state index contributed by atoms with van der Waals surface area (Å²) < 4.78 is 23.6. The van der Waals surface area contributed by atoms with Gasteiger partial charge in [0.25, 0.3) is 0 Å². The topological polar surface area (TPSA) is 73.8 Å². The molecule has 8 heteroatoms. The van der Waals surface area contributed by atoms with E-state index in [1.165, 1.54) is 17.4 Å². The molecule has 2 aromatic carbocycles. The fourth-order valence-electron chi connectivity index (χ4n) is 3.14. The molecule has 0 amide bonds. The number of guanidine groups is 1. The molecule has 166 valence electrons. The van der Waals surface area contributed by atoms with Crippen LogP contribution in [0.25, 0.3) is 0 Å². The van der Waals surface area contributed by atoms with Gasteiger partial charge in [0.05, 0.1) is 11.4 Å². The third-order valence-corrected chi connectivity index (χ3v) is 5.71. The lowest BCUT2D eigenvalue weighted by atomic mass is 10.1. The first-order valence-corrected chi connectivity index (χ1v) is 11.6. The van der Waals surface area contributed by atoms with Gasteiger partial charge < -0.3 is 15.5 Å². The van der Waals surface area contributed by atoms with Crippen molar-refractivity contribution < 1.29 is 8.42 Å². The Morgan fingerprint density at radius 2 is 1.73 bits per heavy atom. The van der Waals surface area contributed by atoms with Gasteiger partial charge in [0.1, 0.15) is 0 Å². The lowest BCUT2D eigenvalue weighted by molar-refractivity contribution is 0.400. The highest BCUT2D eigenvalue weighted by Gasteiger charge is 2.11. The van der Waals surface area contributed by atoms with Crippen LogP contribution < -0.4 is 10.6 Å². The van der Waals surface area contributed by atoms with E-state index < -0.39 is 9.84 Å². The monoisotopic (exact) mass is 544 g/mol. The van der Waals surface area contributed by atoms with Crippen molar-refractivity contribution in [2.75, 3.05) is 26.9 Å². The molecule has 2 N–H and O–H groups in total. The summed E-state index contributed by atoms with van der Waals surface area (Å²) in [6.45, 7) is 6.65. The zero-order chi connectivity index (χ0) is 21.4. The van der Waals surface area contributed by atoms with Crippen LogP contribution in [0.15, 0.2) is 52.4 Å². The summed E-state index contributed by atoms with van der Waals surface area (Å²) in [5.74, 6) is 0.733. The van der Waals surface area contributed by atoms with Crippen molar-refractivity contribution in [1.82, 2.24) is 15.5 Å². The molecule has 0 saturated heterocycles. The van der Waals surface area contributed by atoms with Crippen molar-refractivity contribution in [3.8, 4) is 0 Å². The average Bonchev–Trinajstić information content (AvgIpc) is 2.63. The minimum absolute atomic E-state index is 0. The first kappa shape index (κ1) is 26.4. The highest BCUT2D eigenvalue weighted by molar-refractivity contribution is 14.0. The van der Waals surface area contributed by atoms with E-state index in [2.05, 4.69) is 52.8 Å². The van der Waals surface area contributed by atoms with E-state index in [0.717, 1.165) is 30.2 Å². The maximum absolute atomic E-state index is 11.8. The quantitative estimate of drug-likeness (QED) is 0.303. The lowest BCUT2D eigenvalue weighted by Crippen LogP contribution is -2.37. The van der Waals surface area contributed by atoms with E-state index in [-0.39, 0.29) is 24.0 Å². The molecule has 0 aliphatic heterocycles. The molecule has 0 radical (unpaired) electrons. The van der Waals surface area contributed by atoms with Gasteiger partial charge in [0, 0.05) is 25.9 Å². The highest BCUT2D eigenvalue weighted by Crippen LogP contribution is 2.17. The number of aliphatic imine (C=N–C) groups is 1. The second-order valence-corrected chi connectivity index (χ2v) is 9.41. The molecule has 0 bridgehead atoms. The number of sulfone groups is 1. The van der Waals surface area contributed by atoms with E-state index >= 15 is 0 Å². The second-order valence-electron chi connectivity index (χ2n) is 7.43. The third kappa shape index (κ3) is 8.23. The zero-order valence-electron chi connectivity index (χ0n) is 18.4. The van der Waals surface area contributed by atoms with Crippen LogP contribution in [0.3, 0.4) is 0 Å². The predicted octanol–water partition coefficient (Wildman–Crippen LogP) is 3.33. The summed E-state index contributed by atoms with van der Waals surface area (Å²) in [6.07, 6.45) is 1.23. The largest absolute Gasteiger partial charge is 0.357 e. The smallest absolute Gasteiger partial charge is 0.191 e. The maximum Gasteiger partial charge on any atom is 0.191 e. The Labute approximate surface area is 198 Å². The first-order valence-electron chi connectivity index (χ1n) is 9.74. The van der Waals surface area contributed by atoms with Crippen LogP contribution in [0, 0.1) is 6.92 Å². The average molecular weight is 545 g/mol. The molecule has 0 atom stereocenters. The predicted molar refractivity (Wildman–Crippen MR) is 135 cm³/mol.